The molecule has 0 aliphatic heterocycles. The molecule has 0 radical (unpaired) electrons. The number of ether oxygens (including phenoxy) is 2. The first kappa shape index (κ1) is 13.8. The van der Waals surface area contributed by atoms with Gasteiger partial charge in [0.05, 0.1) is 31.8 Å². The Balaban J connectivity index is 2.88. The van der Waals surface area contributed by atoms with Gasteiger partial charge in [0.25, 0.3) is 5.56 Å². The normalized spacial score (nSPS) is 10.3. The zero-order chi connectivity index (χ0) is 14.7. The van der Waals surface area contributed by atoms with Gasteiger partial charge in [-0.3, -0.25) is 4.79 Å². The Hall–Kier alpha value is -2.63. The van der Waals surface area contributed by atoms with Crippen molar-refractivity contribution in [1.82, 2.24) is 4.57 Å². The lowest BCUT2D eigenvalue weighted by molar-refractivity contribution is -0.108. The van der Waals surface area contributed by atoms with Gasteiger partial charge >= 0.3 is 5.97 Å². The highest BCUT2D eigenvalue weighted by molar-refractivity contribution is 6.04. The van der Waals surface area contributed by atoms with Gasteiger partial charge in [-0.15, -0.1) is 0 Å². The number of pyridine rings is 1. The fourth-order valence-corrected chi connectivity index (χ4v) is 2.03. The number of esters is 1. The molecular weight excluding hydrogens is 262 g/mol. The van der Waals surface area contributed by atoms with E-state index in [0.29, 0.717) is 22.9 Å². The van der Waals surface area contributed by atoms with Gasteiger partial charge in [-0.05, 0) is 12.1 Å². The van der Waals surface area contributed by atoms with Gasteiger partial charge in [0.2, 0.25) is 0 Å². The van der Waals surface area contributed by atoms with Crippen LogP contribution in [0, 0.1) is 0 Å². The summed E-state index contributed by atoms with van der Waals surface area (Å²) >= 11 is 0. The average Bonchev–Trinajstić information content (AvgIpc) is 2.48. The number of aromatic nitrogens is 1. The second kappa shape index (κ2) is 5.56. The molecule has 104 valence electrons. The Kier molecular flexibility index (Phi) is 3.84. The Bertz CT molecular complexity index is 732. The van der Waals surface area contributed by atoms with Crippen molar-refractivity contribution < 1.29 is 19.1 Å². The third-order valence-electron chi connectivity index (χ3n) is 2.98. The molecule has 0 fully saturated rings. The fourth-order valence-electron chi connectivity index (χ4n) is 2.03. The topological polar surface area (TPSA) is 74.6 Å². The van der Waals surface area contributed by atoms with Gasteiger partial charge in [0.15, 0.2) is 0 Å². The van der Waals surface area contributed by atoms with Crippen molar-refractivity contribution in [3.05, 3.63) is 40.2 Å². The molecule has 20 heavy (non-hydrogen) atoms. The lowest BCUT2D eigenvalue weighted by Gasteiger charge is -2.12. The molecule has 0 amide bonds. The Morgan fingerprint density at radius 3 is 2.65 bits per heavy atom. The summed E-state index contributed by atoms with van der Waals surface area (Å²) in [5.74, 6) is -0.131. The minimum absolute atomic E-state index is 0.0933. The molecule has 0 saturated carbocycles. The van der Waals surface area contributed by atoms with Gasteiger partial charge < -0.3 is 18.8 Å². The molecule has 0 bridgehead atoms. The van der Waals surface area contributed by atoms with Crippen LogP contribution in [0.1, 0.15) is 10.4 Å². The summed E-state index contributed by atoms with van der Waals surface area (Å²) in [7, 11) is 2.72. The van der Waals surface area contributed by atoms with E-state index < -0.39 is 5.97 Å². The van der Waals surface area contributed by atoms with E-state index >= 15 is 0 Å². The fraction of sp³-hybridized carbons (Fsp3) is 0.214. The van der Waals surface area contributed by atoms with E-state index in [-0.39, 0.29) is 17.7 Å². The maximum absolute atomic E-state index is 11.8. The van der Waals surface area contributed by atoms with E-state index in [1.165, 1.54) is 37.0 Å². The SMILES string of the molecule is COC(=O)c1cc(OC)cc2c1ccc(=O)n2CC=O. The number of carbonyl (C=O) groups is 2. The molecule has 0 spiro atoms. The highest BCUT2D eigenvalue weighted by Gasteiger charge is 2.15. The summed E-state index contributed by atoms with van der Waals surface area (Å²) in [5, 5.41) is 0.527. The molecule has 2 aromatic rings. The average molecular weight is 275 g/mol. The number of hydrogen-bond donors (Lipinski definition) is 0. The molecule has 2 rings (SSSR count). The largest absolute Gasteiger partial charge is 0.497 e. The molecular formula is C14H13NO5. The number of fused-ring (bicyclic) bond motifs is 1. The maximum Gasteiger partial charge on any atom is 0.338 e. The number of nitrogens with zero attached hydrogens (tertiary/aromatic N) is 1. The van der Waals surface area contributed by atoms with E-state index in [1.807, 2.05) is 0 Å². The quantitative estimate of drug-likeness (QED) is 0.614. The number of hydrogen-bond acceptors (Lipinski definition) is 5. The Morgan fingerprint density at radius 2 is 2.05 bits per heavy atom. The number of aldehydes is 1. The monoisotopic (exact) mass is 275 g/mol. The van der Waals surface area contributed by atoms with Crippen molar-refractivity contribution in [2.75, 3.05) is 14.2 Å². The standard InChI is InChI=1S/C14H13NO5/c1-19-9-7-11(14(18)20-2)10-3-4-13(17)15(5-6-16)12(10)8-9/h3-4,6-8H,5H2,1-2H3. The molecule has 6 nitrogen and oxygen atoms in total. The van der Waals surface area contributed by atoms with Crippen LogP contribution in [0.2, 0.25) is 0 Å². The maximum atomic E-state index is 11.8. The second-order valence-corrected chi connectivity index (χ2v) is 4.05. The minimum Gasteiger partial charge on any atom is -0.497 e. The van der Waals surface area contributed by atoms with Crippen LogP contribution in [0.15, 0.2) is 29.1 Å². The first-order chi connectivity index (χ1) is 9.62. The second-order valence-electron chi connectivity index (χ2n) is 4.05. The van der Waals surface area contributed by atoms with Crippen LogP contribution in [0.4, 0.5) is 0 Å². The highest BCUT2D eigenvalue weighted by Crippen LogP contribution is 2.25. The molecule has 6 heteroatoms. The Labute approximate surface area is 114 Å². The lowest BCUT2D eigenvalue weighted by atomic mass is 10.1. The third-order valence-corrected chi connectivity index (χ3v) is 2.98. The summed E-state index contributed by atoms with van der Waals surface area (Å²) < 4.78 is 11.1. The highest BCUT2D eigenvalue weighted by atomic mass is 16.5. The third kappa shape index (κ3) is 2.27. The molecule has 0 atom stereocenters. The van der Waals surface area contributed by atoms with Crippen molar-refractivity contribution in [2.45, 2.75) is 6.54 Å². The summed E-state index contributed by atoms with van der Waals surface area (Å²) in [5.41, 5.74) is 0.402. The molecule has 0 unspecified atom stereocenters. The van der Waals surface area contributed by atoms with Gasteiger partial charge in [0.1, 0.15) is 12.0 Å². The number of carbonyl (C=O) groups excluding carboxylic acids is 2. The van der Waals surface area contributed by atoms with Crippen LogP contribution in [0.3, 0.4) is 0 Å². The van der Waals surface area contributed by atoms with Crippen LogP contribution in [-0.4, -0.2) is 31.0 Å². The minimum atomic E-state index is -0.537. The van der Waals surface area contributed by atoms with Crippen LogP contribution in [-0.2, 0) is 16.1 Å². The first-order valence-electron chi connectivity index (χ1n) is 5.86. The summed E-state index contributed by atoms with van der Waals surface area (Å²) in [6.07, 6.45) is 0.623. The van der Waals surface area contributed by atoms with E-state index in [1.54, 1.807) is 6.07 Å². The summed E-state index contributed by atoms with van der Waals surface area (Å²) in [6.45, 7) is -0.0933. The zero-order valence-electron chi connectivity index (χ0n) is 11.1. The Morgan fingerprint density at radius 1 is 1.30 bits per heavy atom. The van der Waals surface area contributed by atoms with Crippen LogP contribution in [0.25, 0.3) is 10.9 Å². The lowest BCUT2D eigenvalue weighted by Crippen LogP contribution is -2.20. The zero-order valence-corrected chi connectivity index (χ0v) is 11.1. The predicted molar refractivity (Wildman–Crippen MR) is 72.2 cm³/mol. The summed E-state index contributed by atoms with van der Waals surface area (Å²) in [4.78, 5) is 34.4. The van der Waals surface area contributed by atoms with Gasteiger partial charge in [-0.1, -0.05) is 0 Å². The van der Waals surface area contributed by atoms with E-state index in [0.717, 1.165) is 0 Å². The van der Waals surface area contributed by atoms with Gasteiger partial charge in [-0.25, -0.2) is 4.79 Å². The van der Waals surface area contributed by atoms with Crippen molar-refractivity contribution in [2.24, 2.45) is 0 Å². The molecule has 0 aliphatic carbocycles. The van der Waals surface area contributed by atoms with Crippen LogP contribution < -0.4 is 10.3 Å². The first-order valence-corrected chi connectivity index (χ1v) is 5.86. The van der Waals surface area contributed by atoms with Crippen molar-refractivity contribution in [3.63, 3.8) is 0 Å². The van der Waals surface area contributed by atoms with E-state index in [2.05, 4.69) is 0 Å². The molecule has 0 aliphatic rings. The van der Waals surface area contributed by atoms with Crippen molar-refractivity contribution in [1.29, 1.82) is 0 Å². The number of rotatable bonds is 4. The smallest absolute Gasteiger partial charge is 0.338 e. The van der Waals surface area contributed by atoms with Crippen LogP contribution >= 0.6 is 0 Å². The molecule has 1 heterocycles. The van der Waals surface area contributed by atoms with E-state index in [9.17, 15) is 14.4 Å². The molecule has 1 aromatic heterocycles. The molecule has 0 N–H and O–H groups in total. The van der Waals surface area contributed by atoms with Crippen LogP contribution in [0.5, 0.6) is 5.75 Å². The molecule has 0 saturated heterocycles. The number of methoxy groups -OCH3 is 2. The van der Waals surface area contributed by atoms with Crippen molar-refractivity contribution in [3.8, 4) is 5.75 Å². The van der Waals surface area contributed by atoms with Gasteiger partial charge in [0, 0.05) is 17.5 Å². The van der Waals surface area contributed by atoms with Crippen molar-refractivity contribution >= 4 is 23.2 Å². The molecule has 1 aromatic carbocycles. The van der Waals surface area contributed by atoms with Gasteiger partial charge in [-0.2, -0.15) is 0 Å². The predicted octanol–water partition coefficient (Wildman–Crippen LogP) is 0.996. The van der Waals surface area contributed by atoms with E-state index in [4.69, 9.17) is 9.47 Å². The summed E-state index contributed by atoms with van der Waals surface area (Å²) in [6, 6.07) is 5.98. The number of benzene rings is 1.